The van der Waals surface area contributed by atoms with E-state index in [9.17, 15) is 13.5 Å². The SMILES string of the molecule is CCC1CCC(NS(=O)(=O)N2CCCC(CO)C2)CC1. The number of piperidine rings is 1. The van der Waals surface area contributed by atoms with Crippen LogP contribution in [-0.2, 0) is 10.2 Å². The molecule has 0 aromatic heterocycles. The first-order valence-corrected chi connectivity index (χ1v) is 9.37. The lowest BCUT2D eigenvalue weighted by molar-refractivity contribution is 0.164. The zero-order valence-electron chi connectivity index (χ0n) is 12.4. The van der Waals surface area contributed by atoms with E-state index in [4.69, 9.17) is 0 Å². The molecule has 1 heterocycles. The van der Waals surface area contributed by atoms with Crippen molar-refractivity contribution in [2.45, 2.75) is 57.9 Å². The zero-order valence-corrected chi connectivity index (χ0v) is 13.2. The number of aliphatic hydroxyl groups is 1. The molecule has 1 saturated carbocycles. The lowest BCUT2D eigenvalue weighted by atomic mass is 9.85. The van der Waals surface area contributed by atoms with Crippen molar-refractivity contribution in [3.05, 3.63) is 0 Å². The van der Waals surface area contributed by atoms with Gasteiger partial charge in [0.15, 0.2) is 0 Å². The van der Waals surface area contributed by atoms with Gasteiger partial charge in [0.2, 0.25) is 0 Å². The highest BCUT2D eigenvalue weighted by Gasteiger charge is 2.31. The molecule has 2 N–H and O–H groups in total. The first-order valence-electron chi connectivity index (χ1n) is 7.93. The summed E-state index contributed by atoms with van der Waals surface area (Å²) >= 11 is 0. The second-order valence-corrected chi connectivity index (χ2v) is 8.00. The van der Waals surface area contributed by atoms with Crippen molar-refractivity contribution in [2.75, 3.05) is 19.7 Å². The van der Waals surface area contributed by atoms with Crippen molar-refractivity contribution in [3.8, 4) is 0 Å². The minimum absolute atomic E-state index is 0.0770. The number of aliphatic hydroxyl groups excluding tert-OH is 1. The quantitative estimate of drug-likeness (QED) is 0.808. The summed E-state index contributed by atoms with van der Waals surface area (Å²) in [6, 6.07) is 0.0947. The molecule has 1 aliphatic carbocycles. The van der Waals surface area contributed by atoms with Crippen LogP contribution in [0, 0.1) is 11.8 Å². The van der Waals surface area contributed by atoms with E-state index in [2.05, 4.69) is 11.6 Å². The maximum atomic E-state index is 12.4. The molecule has 1 atom stereocenters. The second kappa shape index (κ2) is 7.20. The van der Waals surface area contributed by atoms with E-state index in [1.807, 2.05) is 0 Å². The van der Waals surface area contributed by atoms with Crippen LogP contribution in [0.4, 0.5) is 0 Å². The summed E-state index contributed by atoms with van der Waals surface area (Å²) < 4.78 is 29.2. The van der Waals surface area contributed by atoms with Crippen molar-refractivity contribution in [1.29, 1.82) is 0 Å². The van der Waals surface area contributed by atoms with Gasteiger partial charge in [-0.05, 0) is 50.4 Å². The van der Waals surface area contributed by atoms with Crippen LogP contribution in [0.5, 0.6) is 0 Å². The van der Waals surface area contributed by atoms with Crippen LogP contribution < -0.4 is 4.72 Å². The van der Waals surface area contributed by atoms with Gasteiger partial charge in [0, 0.05) is 25.7 Å². The third-order valence-corrected chi connectivity index (χ3v) is 6.46. The van der Waals surface area contributed by atoms with Crippen LogP contribution in [0.15, 0.2) is 0 Å². The van der Waals surface area contributed by atoms with E-state index in [0.717, 1.165) is 44.4 Å². The van der Waals surface area contributed by atoms with Gasteiger partial charge in [-0.15, -0.1) is 0 Å². The van der Waals surface area contributed by atoms with Gasteiger partial charge >= 0.3 is 0 Å². The Morgan fingerprint density at radius 1 is 1.15 bits per heavy atom. The monoisotopic (exact) mass is 304 g/mol. The molecule has 20 heavy (non-hydrogen) atoms. The van der Waals surface area contributed by atoms with E-state index < -0.39 is 10.2 Å². The lowest BCUT2D eigenvalue weighted by Gasteiger charge is -2.34. The molecule has 2 fully saturated rings. The molecular formula is C14H28N2O3S. The fraction of sp³-hybridized carbons (Fsp3) is 1.00. The van der Waals surface area contributed by atoms with Crippen LogP contribution in [0.2, 0.25) is 0 Å². The average molecular weight is 304 g/mol. The number of nitrogens with zero attached hydrogens (tertiary/aromatic N) is 1. The molecule has 0 bridgehead atoms. The molecule has 118 valence electrons. The molecule has 6 heteroatoms. The van der Waals surface area contributed by atoms with Gasteiger partial charge in [-0.3, -0.25) is 0 Å². The first kappa shape index (κ1) is 16.2. The van der Waals surface area contributed by atoms with Gasteiger partial charge < -0.3 is 5.11 Å². The normalized spacial score (nSPS) is 33.2. The van der Waals surface area contributed by atoms with Crippen LogP contribution in [-0.4, -0.2) is 43.6 Å². The predicted molar refractivity (Wildman–Crippen MR) is 79.5 cm³/mol. The highest BCUT2D eigenvalue weighted by Crippen LogP contribution is 2.27. The number of hydrogen-bond donors (Lipinski definition) is 2. The first-order chi connectivity index (χ1) is 9.55. The Balaban J connectivity index is 1.87. The summed E-state index contributed by atoms with van der Waals surface area (Å²) in [5.41, 5.74) is 0. The van der Waals surface area contributed by atoms with Crippen LogP contribution >= 0.6 is 0 Å². The largest absolute Gasteiger partial charge is 0.396 e. The minimum Gasteiger partial charge on any atom is -0.396 e. The van der Waals surface area contributed by atoms with Crippen molar-refractivity contribution >= 4 is 10.2 Å². The minimum atomic E-state index is -3.38. The van der Waals surface area contributed by atoms with Gasteiger partial charge in [-0.25, -0.2) is 0 Å². The molecule has 1 aliphatic heterocycles. The van der Waals surface area contributed by atoms with Crippen LogP contribution in [0.25, 0.3) is 0 Å². The Bertz CT molecular complexity index is 391. The zero-order chi connectivity index (χ0) is 14.6. The third kappa shape index (κ3) is 4.16. The van der Waals surface area contributed by atoms with Crippen molar-refractivity contribution in [1.82, 2.24) is 9.03 Å². The molecule has 2 rings (SSSR count). The third-order valence-electron chi connectivity index (χ3n) is 4.82. The molecule has 0 aromatic rings. The van der Waals surface area contributed by atoms with E-state index >= 15 is 0 Å². The fourth-order valence-corrected chi connectivity index (χ4v) is 4.95. The Morgan fingerprint density at radius 3 is 2.45 bits per heavy atom. The van der Waals surface area contributed by atoms with Crippen molar-refractivity contribution in [3.63, 3.8) is 0 Å². The standard InChI is InChI=1S/C14H28N2O3S/c1-2-12-5-7-14(8-6-12)15-20(18,19)16-9-3-4-13(10-16)11-17/h12-15,17H,2-11H2,1H3. The molecule has 5 nitrogen and oxygen atoms in total. The Morgan fingerprint density at radius 2 is 1.85 bits per heavy atom. The molecule has 0 aromatic carbocycles. The van der Waals surface area contributed by atoms with Gasteiger partial charge in [0.25, 0.3) is 10.2 Å². The summed E-state index contributed by atoms with van der Waals surface area (Å²) in [4.78, 5) is 0. The number of rotatable bonds is 5. The molecule has 1 saturated heterocycles. The number of nitrogens with one attached hydrogen (secondary N) is 1. The summed E-state index contributed by atoms with van der Waals surface area (Å²) in [6.45, 7) is 3.32. The van der Waals surface area contributed by atoms with Gasteiger partial charge in [-0.1, -0.05) is 13.3 Å². The van der Waals surface area contributed by atoms with Gasteiger partial charge in [0.1, 0.15) is 0 Å². The van der Waals surface area contributed by atoms with Crippen LogP contribution in [0.1, 0.15) is 51.9 Å². The van der Waals surface area contributed by atoms with Gasteiger partial charge in [-0.2, -0.15) is 17.4 Å². The number of hydrogen-bond acceptors (Lipinski definition) is 3. The van der Waals surface area contributed by atoms with Crippen molar-refractivity contribution < 1.29 is 13.5 Å². The van der Waals surface area contributed by atoms with Crippen LogP contribution in [0.3, 0.4) is 0 Å². The van der Waals surface area contributed by atoms with E-state index in [0.29, 0.717) is 13.1 Å². The maximum Gasteiger partial charge on any atom is 0.279 e. The van der Waals surface area contributed by atoms with E-state index in [-0.39, 0.29) is 18.6 Å². The Kier molecular flexibility index (Phi) is 5.84. The molecular weight excluding hydrogens is 276 g/mol. The van der Waals surface area contributed by atoms with Crippen molar-refractivity contribution in [2.24, 2.45) is 11.8 Å². The molecule has 0 radical (unpaired) electrons. The summed E-state index contributed by atoms with van der Waals surface area (Å²) in [5, 5.41) is 9.21. The van der Waals surface area contributed by atoms with E-state index in [1.165, 1.54) is 10.7 Å². The topological polar surface area (TPSA) is 69.6 Å². The fourth-order valence-electron chi connectivity index (χ4n) is 3.37. The summed E-state index contributed by atoms with van der Waals surface area (Å²) in [6.07, 6.45) is 7.12. The maximum absolute atomic E-state index is 12.4. The summed E-state index contributed by atoms with van der Waals surface area (Å²) in [5.74, 6) is 0.862. The predicted octanol–water partition coefficient (Wildman–Crippen LogP) is 1.49. The molecule has 1 unspecified atom stereocenters. The van der Waals surface area contributed by atoms with Gasteiger partial charge in [0.05, 0.1) is 0 Å². The summed E-state index contributed by atoms with van der Waals surface area (Å²) in [7, 11) is -3.38. The smallest absolute Gasteiger partial charge is 0.279 e. The highest BCUT2D eigenvalue weighted by atomic mass is 32.2. The lowest BCUT2D eigenvalue weighted by Crippen LogP contribution is -2.50. The average Bonchev–Trinajstić information content (AvgIpc) is 2.48. The Hall–Kier alpha value is -0.170. The second-order valence-electron chi connectivity index (χ2n) is 6.30. The molecule has 2 aliphatic rings. The highest BCUT2D eigenvalue weighted by molar-refractivity contribution is 7.87. The van der Waals surface area contributed by atoms with E-state index in [1.54, 1.807) is 0 Å². The molecule has 0 amide bonds. The molecule has 0 spiro atoms. The Labute approximate surface area is 122 Å².